The molecular weight excluding hydrogens is 248 g/mol. The smallest absolute Gasteiger partial charge is 0.126 e. The topological polar surface area (TPSA) is 56.7 Å². The number of nitrogens with two attached hydrogens (primary N) is 1. The van der Waals surface area contributed by atoms with Crippen molar-refractivity contribution in [3.63, 3.8) is 0 Å². The van der Waals surface area contributed by atoms with E-state index in [1.165, 1.54) is 0 Å². The molecule has 4 nitrogen and oxygen atoms in total. The molecule has 4 heteroatoms. The average molecular weight is 266 g/mol. The number of aryl methyl sites for hydroxylation is 1. The molecule has 0 saturated heterocycles. The Kier molecular flexibility index (Phi) is 3.24. The number of imidazole rings is 1. The van der Waals surface area contributed by atoms with Crippen LogP contribution in [0.4, 0.5) is 0 Å². The number of hydrogen-bond acceptors (Lipinski definition) is 3. The average Bonchev–Trinajstić information content (AvgIpc) is 2.86. The first-order chi connectivity index (χ1) is 9.70. The lowest BCUT2D eigenvalue weighted by atomic mass is 10.1. The molecule has 0 fully saturated rings. The van der Waals surface area contributed by atoms with Crippen molar-refractivity contribution >= 4 is 11.0 Å². The molecule has 0 unspecified atom stereocenters. The zero-order valence-corrected chi connectivity index (χ0v) is 11.7. The first-order valence-corrected chi connectivity index (χ1v) is 6.87. The summed E-state index contributed by atoms with van der Waals surface area (Å²) in [5.41, 5.74) is 10.4. The van der Waals surface area contributed by atoms with E-state index in [1.54, 1.807) is 12.4 Å². The molecule has 1 aromatic carbocycles. The number of pyridine rings is 1. The van der Waals surface area contributed by atoms with Crippen LogP contribution in [0.2, 0.25) is 0 Å². The molecule has 0 radical (unpaired) electrons. The van der Waals surface area contributed by atoms with Gasteiger partial charge in [-0.2, -0.15) is 0 Å². The van der Waals surface area contributed by atoms with Crippen LogP contribution in [0.1, 0.15) is 25.7 Å². The number of nitrogens with zero attached hydrogens (tertiary/aromatic N) is 3. The van der Waals surface area contributed by atoms with Gasteiger partial charge >= 0.3 is 0 Å². The highest BCUT2D eigenvalue weighted by Gasteiger charge is 2.13. The molecule has 0 aliphatic heterocycles. The molecular formula is C16H18N4. The Morgan fingerprint density at radius 2 is 1.90 bits per heavy atom. The van der Waals surface area contributed by atoms with Crippen LogP contribution in [0, 0.1) is 0 Å². The summed E-state index contributed by atoms with van der Waals surface area (Å²) in [5, 5.41) is 0. The number of benzene rings is 1. The first-order valence-electron chi connectivity index (χ1n) is 6.87. The Morgan fingerprint density at radius 3 is 2.55 bits per heavy atom. The van der Waals surface area contributed by atoms with Crippen molar-refractivity contribution in [3.05, 3.63) is 48.5 Å². The maximum absolute atomic E-state index is 6.01. The van der Waals surface area contributed by atoms with E-state index in [0.717, 1.165) is 34.5 Å². The maximum atomic E-state index is 6.01. The Morgan fingerprint density at radius 1 is 1.15 bits per heavy atom. The number of rotatable bonds is 3. The van der Waals surface area contributed by atoms with Gasteiger partial charge in [0.25, 0.3) is 0 Å². The van der Waals surface area contributed by atoms with E-state index >= 15 is 0 Å². The minimum absolute atomic E-state index is 0.0632. The molecule has 0 aliphatic carbocycles. The monoisotopic (exact) mass is 266 g/mol. The van der Waals surface area contributed by atoms with Crippen molar-refractivity contribution in [2.75, 3.05) is 0 Å². The fraction of sp³-hybridized carbons (Fsp3) is 0.250. The molecule has 0 spiro atoms. The molecule has 2 heterocycles. The molecule has 0 aliphatic rings. The molecule has 102 valence electrons. The van der Waals surface area contributed by atoms with Crippen molar-refractivity contribution in [1.29, 1.82) is 0 Å². The van der Waals surface area contributed by atoms with Gasteiger partial charge in [-0.25, -0.2) is 4.98 Å². The van der Waals surface area contributed by atoms with E-state index in [9.17, 15) is 0 Å². The molecule has 20 heavy (non-hydrogen) atoms. The predicted molar refractivity (Wildman–Crippen MR) is 81.2 cm³/mol. The fourth-order valence-electron chi connectivity index (χ4n) is 2.55. The van der Waals surface area contributed by atoms with Crippen molar-refractivity contribution in [3.8, 4) is 11.1 Å². The van der Waals surface area contributed by atoms with Gasteiger partial charge in [-0.3, -0.25) is 4.98 Å². The summed E-state index contributed by atoms with van der Waals surface area (Å²) in [5.74, 6) is 0.939. The van der Waals surface area contributed by atoms with Crippen molar-refractivity contribution < 1.29 is 0 Å². The summed E-state index contributed by atoms with van der Waals surface area (Å²) in [6.45, 7) is 4.96. The molecule has 0 saturated carbocycles. The predicted octanol–water partition coefficient (Wildman–Crippen LogP) is 3.14. The minimum Gasteiger partial charge on any atom is -0.327 e. The summed E-state index contributed by atoms with van der Waals surface area (Å²) in [7, 11) is 0. The Labute approximate surface area is 118 Å². The Hall–Kier alpha value is -2.20. The van der Waals surface area contributed by atoms with Gasteiger partial charge in [0.05, 0.1) is 17.1 Å². The molecule has 0 bridgehead atoms. The second-order valence-corrected chi connectivity index (χ2v) is 4.94. The van der Waals surface area contributed by atoms with Crippen LogP contribution in [-0.4, -0.2) is 14.5 Å². The van der Waals surface area contributed by atoms with E-state index in [0.29, 0.717) is 0 Å². The SMILES string of the molecule is CCn1c([C@@H](C)N)nc2cc(-c3ccncc3)ccc21. The van der Waals surface area contributed by atoms with Crippen LogP contribution in [0.3, 0.4) is 0 Å². The van der Waals surface area contributed by atoms with Gasteiger partial charge in [0, 0.05) is 18.9 Å². The number of fused-ring (bicyclic) bond motifs is 1. The highest BCUT2D eigenvalue weighted by molar-refractivity contribution is 5.82. The van der Waals surface area contributed by atoms with Gasteiger partial charge in [0.15, 0.2) is 0 Å². The zero-order chi connectivity index (χ0) is 14.1. The molecule has 3 rings (SSSR count). The van der Waals surface area contributed by atoms with E-state index in [4.69, 9.17) is 10.7 Å². The minimum atomic E-state index is -0.0632. The quantitative estimate of drug-likeness (QED) is 0.792. The summed E-state index contributed by atoms with van der Waals surface area (Å²) >= 11 is 0. The molecule has 2 N–H and O–H groups in total. The van der Waals surface area contributed by atoms with Gasteiger partial charge in [0.1, 0.15) is 5.82 Å². The van der Waals surface area contributed by atoms with Gasteiger partial charge in [0.2, 0.25) is 0 Å². The van der Waals surface area contributed by atoms with Gasteiger partial charge in [-0.1, -0.05) is 6.07 Å². The molecule has 3 aromatic rings. The second-order valence-electron chi connectivity index (χ2n) is 4.94. The lowest BCUT2D eigenvalue weighted by molar-refractivity contribution is 0.650. The van der Waals surface area contributed by atoms with Gasteiger partial charge in [-0.05, 0) is 49.2 Å². The van der Waals surface area contributed by atoms with Crippen LogP contribution in [0.15, 0.2) is 42.7 Å². The molecule has 1 atom stereocenters. The lowest BCUT2D eigenvalue weighted by Crippen LogP contribution is -2.12. The second kappa shape index (κ2) is 5.06. The van der Waals surface area contributed by atoms with E-state index in [1.807, 2.05) is 19.1 Å². The van der Waals surface area contributed by atoms with Gasteiger partial charge in [-0.15, -0.1) is 0 Å². The van der Waals surface area contributed by atoms with E-state index in [2.05, 4.69) is 34.7 Å². The molecule has 0 amide bonds. The third kappa shape index (κ3) is 2.08. The van der Waals surface area contributed by atoms with Crippen LogP contribution in [0.25, 0.3) is 22.2 Å². The Bertz CT molecular complexity index is 729. The number of aromatic nitrogens is 3. The highest BCUT2D eigenvalue weighted by Crippen LogP contribution is 2.26. The fourth-order valence-corrected chi connectivity index (χ4v) is 2.55. The lowest BCUT2D eigenvalue weighted by Gasteiger charge is -2.08. The zero-order valence-electron chi connectivity index (χ0n) is 11.7. The summed E-state index contributed by atoms with van der Waals surface area (Å²) in [6, 6.07) is 10.3. The first kappa shape index (κ1) is 12.8. The van der Waals surface area contributed by atoms with E-state index < -0.39 is 0 Å². The number of hydrogen-bond donors (Lipinski definition) is 1. The third-order valence-electron chi connectivity index (χ3n) is 3.51. The van der Waals surface area contributed by atoms with Crippen LogP contribution in [0.5, 0.6) is 0 Å². The van der Waals surface area contributed by atoms with E-state index in [-0.39, 0.29) is 6.04 Å². The standard InChI is InChI=1S/C16H18N4/c1-3-20-15-5-4-13(12-6-8-18-9-7-12)10-14(15)19-16(20)11(2)17/h4-11H,3,17H2,1-2H3/t11-/m1/s1. The largest absolute Gasteiger partial charge is 0.327 e. The van der Waals surface area contributed by atoms with Crippen molar-refractivity contribution in [1.82, 2.24) is 14.5 Å². The van der Waals surface area contributed by atoms with Crippen LogP contribution in [-0.2, 0) is 6.54 Å². The molecule has 2 aromatic heterocycles. The summed E-state index contributed by atoms with van der Waals surface area (Å²) in [6.07, 6.45) is 3.61. The third-order valence-corrected chi connectivity index (χ3v) is 3.51. The van der Waals surface area contributed by atoms with Crippen LogP contribution < -0.4 is 5.73 Å². The summed E-state index contributed by atoms with van der Waals surface area (Å²) in [4.78, 5) is 8.74. The highest BCUT2D eigenvalue weighted by atomic mass is 15.1. The van der Waals surface area contributed by atoms with Crippen LogP contribution >= 0.6 is 0 Å². The maximum Gasteiger partial charge on any atom is 0.126 e. The summed E-state index contributed by atoms with van der Waals surface area (Å²) < 4.78 is 2.18. The van der Waals surface area contributed by atoms with Gasteiger partial charge < -0.3 is 10.3 Å². The van der Waals surface area contributed by atoms with Crippen molar-refractivity contribution in [2.45, 2.75) is 26.4 Å². The Balaban J connectivity index is 2.17. The normalized spacial score (nSPS) is 12.8. The van der Waals surface area contributed by atoms with Crippen molar-refractivity contribution in [2.24, 2.45) is 5.73 Å².